The molecule has 2 rings (SSSR count). The summed E-state index contributed by atoms with van der Waals surface area (Å²) in [4.78, 5) is 0. The van der Waals surface area contributed by atoms with Crippen molar-refractivity contribution in [2.24, 2.45) is 0 Å². The van der Waals surface area contributed by atoms with E-state index in [9.17, 15) is 4.39 Å². The molecule has 0 heterocycles. The van der Waals surface area contributed by atoms with E-state index < -0.39 is 5.82 Å². The zero-order valence-electron chi connectivity index (χ0n) is 9.31. The van der Waals surface area contributed by atoms with E-state index in [2.05, 4.69) is 0 Å². The number of rotatable bonds is 2. The van der Waals surface area contributed by atoms with E-state index in [1.807, 2.05) is 0 Å². The topological polar surface area (TPSA) is 9.23 Å². The molecule has 0 unspecified atom stereocenters. The minimum absolute atomic E-state index is 0.249. The second kappa shape index (κ2) is 5.35. The molecule has 0 aliphatic heterocycles. The van der Waals surface area contributed by atoms with Gasteiger partial charge in [0.2, 0.25) is 0 Å². The van der Waals surface area contributed by atoms with Crippen LogP contribution in [-0.2, 0) is 0 Å². The lowest BCUT2D eigenvalue weighted by Gasteiger charge is -2.09. The highest BCUT2D eigenvalue weighted by molar-refractivity contribution is 6.49. The molecule has 0 saturated heterocycles. The lowest BCUT2D eigenvalue weighted by Crippen LogP contribution is -1.88. The summed E-state index contributed by atoms with van der Waals surface area (Å²) < 4.78 is 18.4. The van der Waals surface area contributed by atoms with Crippen LogP contribution in [0.1, 0.15) is 0 Å². The SMILES string of the molecule is COc1cc(F)cc(-c2ccc(Cl)c(Cl)c2Cl)c1. The van der Waals surface area contributed by atoms with Gasteiger partial charge >= 0.3 is 0 Å². The first-order chi connectivity index (χ1) is 8.52. The molecule has 94 valence electrons. The third kappa shape index (κ3) is 2.56. The predicted molar refractivity (Wildman–Crippen MR) is 73.4 cm³/mol. The fourth-order valence-corrected chi connectivity index (χ4v) is 2.23. The third-order valence-corrected chi connectivity index (χ3v) is 3.75. The number of hydrogen-bond donors (Lipinski definition) is 0. The highest BCUT2D eigenvalue weighted by atomic mass is 35.5. The second-order valence-electron chi connectivity index (χ2n) is 3.60. The maximum atomic E-state index is 13.4. The fourth-order valence-electron chi connectivity index (χ4n) is 1.58. The zero-order chi connectivity index (χ0) is 13.3. The number of halogens is 4. The molecule has 0 aliphatic rings. The number of hydrogen-bond acceptors (Lipinski definition) is 1. The first-order valence-electron chi connectivity index (χ1n) is 5.01. The van der Waals surface area contributed by atoms with E-state index in [4.69, 9.17) is 39.5 Å². The van der Waals surface area contributed by atoms with Crippen LogP contribution in [-0.4, -0.2) is 7.11 Å². The summed E-state index contributed by atoms with van der Waals surface area (Å²) in [6, 6.07) is 7.62. The Hall–Kier alpha value is -0.960. The molecule has 0 aromatic heterocycles. The molecule has 0 saturated carbocycles. The van der Waals surface area contributed by atoms with Crippen LogP contribution in [0.5, 0.6) is 5.75 Å². The Bertz CT molecular complexity index is 599. The van der Waals surface area contributed by atoms with Crippen LogP contribution in [0.2, 0.25) is 15.1 Å². The summed E-state index contributed by atoms with van der Waals surface area (Å²) in [6.45, 7) is 0. The van der Waals surface area contributed by atoms with Crippen molar-refractivity contribution in [2.75, 3.05) is 7.11 Å². The van der Waals surface area contributed by atoms with Gasteiger partial charge in [0, 0.05) is 11.6 Å². The van der Waals surface area contributed by atoms with Gasteiger partial charge in [0.1, 0.15) is 11.6 Å². The number of ether oxygens (including phenoxy) is 1. The first-order valence-corrected chi connectivity index (χ1v) is 6.14. The Kier molecular flexibility index (Phi) is 4.00. The van der Waals surface area contributed by atoms with Gasteiger partial charge in [-0.05, 0) is 23.8 Å². The van der Waals surface area contributed by atoms with Gasteiger partial charge in [0.15, 0.2) is 0 Å². The third-order valence-electron chi connectivity index (χ3n) is 2.45. The highest BCUT2D eigenvalue weighted by Crippen LogP contribution is 2.39. The average Bonchev–Trinajstić information content (AvgIpc) is 2.35. The number of methoxy groups -OCH3 is 1. The largest absolute Gasteiger partial charge is 0.497 e. The lowest BCUT2D eigenvalue weighted by atomic mass is 10.1. The summed E-state index contributed by atoms with van der Waals surface area (Å²) >= 11 is 17.9. The van der Waals surface area contributed by atoms with Gasteiger partial charge in [-0.15, -0.1) is 0 Å². The Morgan fingerprint density at radius 3 is 2.39 bits per heavy atom. The van der Waals surface area contributed by atoms with Gasteiger partial charge in [-0.2, -0.15) is 0 Å². The van der Waals surface area contributed by atoms with Crippen LogP contribution >= 0.6 is 34.8 Å². The molecule has 18 heavy (non-hydrogen) atoms. The summed E-state index contributed by atoms with van der Waals surface area (Å²) in [6.07, 6.45) is 0. The van der Waals surface area contributed by atoms with Crippen molar-refractivity contribution in [3.8, 4) is 16.9 Å². The first kappa shape index (κ1) is 13.5. The van der Waals surface area contributed by atoms with E-state index in [1.54, 1.807) is 18.2 Å². The summed E-state index contributed by atoms with van der Waals surface area (Å²) in [5.74, 6) is -0.00127. The predicted octanol–water partition coefficient (Wildman–Crippen LogP) is 5.46. The average molecular weight is 306 g/mol. The molecule has 5 heteroatoms. The molecule has 0 amide bonds. The van der Waals surface area contributed by atoms with Gasteiger partial charge < -0.3 is 4.74 Å². The van der Waals surface area contributed by atoms with Gasteiger partial charge in [-0.1, -0.05) is 40.9 Å². The normalized spacial score (nSPS) is 10.5. The van der Waals surface area contributed by atoms with Crippen LogP contribution in [0, 0.1) is 5.82 Å². The van der Waals surface area contributed by atoms with Crippen molar-refractivity contribution in [1.29, 1.82) is 0 Å². The van der Waals surface area contributed by atoms with E-state index in [-0.39, 0.29) is 10.0 Å². The van der Waals surface area contributed by atoms with Crippen molar-refractivity contribution in [3.63, 3.8) is 0 Å². The van der Waals surface area contributed by atoms with Crippen molar-refractivity contribution in [2.45, 2.75) is 0 Å². The molecule has 0 radical (unpaired) electrons. The second-order valence-corrected chi connectivity index (χ2v) is 4.77. The lowest BCUT2D eigenvalue weighted by molar-refractivity contribution is 0.411. The van der Waals surface area contributed by atoms with E-state index in [1.165, 1.54) is 19.2 Å². The molecule has 1 nitrogen and oxygen atoms in total. The molecule has 0 aliphatic carbocycles. The Labute approximate surface area is 119 Å². The van der Waals surface area contributed by atoms with Crippen LogP contribution < -0.4 is 4.74 Å². The minimum Gasteiger partial charge on any atom is -0.497 e. The molecule has 0 N–H and O–H groups in total. The Balaban J connectivity index is 2.62. The van der Waals surface area contributed by atoms with Gasteiger partial charge in [0.05, 0.1) is 22.2 Å². The minimum atomic E-state index is -0.411. The fraction of sp³-hybridized carbons (Fsp3) is 0.0769. The summed E-state index contributed by atoms with van der Waals surface area (Å²) in [5.41, 5.74) is 1.18. The maximum Gasteiger partial charge on any atom is 0.127 e. The Morgan fingerprint density at radius 2 is 1.72 bits per heavy atom. The molecule has 0 spiro atoms. The van der Waals surface area contributed by atoms with Crippen molar-refractivity contribution < 1.29 is 9.13 Å². The number of benzene rings is 2. The zero-order valence-corrected chi connectivity index (χ0v) is 11.6. The van der Waals surface area contributed by atoms with Gasteiger partial charge in [-0.25, -0.2) is 4.39 Å². The molecular weight excluding hydrogens is 297 g/mol. The molecule has 0 fully saturated rings. The van der Waals surface area contributed by atoms with E-state index in [0.717, 1.165) is 0 Å². The molecule has 2 aromatic carbocycles. The molecule has 2 aromatic rings. The monoisotopic (exact) mass is 304 g/mol. The van der Waals surface area contributed by atoms with Crippen molar-refractivity contribution in [1.82, 2.24) is 0 Å². The van der Waals surface area contributed by atoms with Crippen LogP contribution in [0.4, 0.5) is 4.39 Å². The van der Waals surface area contributed by atoms with Gasteiger partial charge in [-0.3, -0.25) is 0 Å². The summed E-state index contributed by atoms with van der Waals surface area (Å²) in [7, 11) is 1.47. The molecule has 0 atom stereocenters. The summed E-state index contributed by atoms with van der Waals surface area (Å²) in [5, 5.41) is 0.893. The van der Waals surface area contributed by atoms with E-state index >= 15 is 0 Å². The standard InChI is InChI=1S/C13H8Cl3FO/c1-18-9-5-7(4-8(17)6-9)10-2-3-11(14)13(16)12(10)15/h2-6H,1H3. The molecule has 0 bridgehead atoms. The highest BCUT2D eigenvalue weighted by Gasteiger charge is 2.12. The quantitative estimate of drug-likeness (QED) is 0.669. The smallest absolute Gasteiger partial charge is 0.127 e. The Morgan fingerprint density at radius 1 is 1.00 bits per heavy atom. The van der Waals surface area contributed by atoms with Crippen molar-refractivity contribution >= 4 is 34.8 Å². The van der Waals surface area contributed by atoms with Crippen LogP contribution in [0.3, 0.4) is 0 Å². The van der Waals surface area contributed by atoms with Crippen LogP contribution in [0.15, 0.2) is 30.3 Å². The van der Waals surface area contributed by atoms with Crippen molar-refractivity contribution in [3.05, 3.63) is 51.2 Å². The van der Waals surface area contributed by atoms with Crippen LogP contribution in [0.25, 0.3) is 11.1 Å². The van der Waals surface area contributed by atoms with E-state index in [0.29, 0.717) is 21.9 Å². The van der Waals surface area contributed by atoms with Gasteiger partial charge in [0.25, 0.3) is 0 Å². The maximum absolute atomic E-state index is 13.4. The molecular formula is C13H8Cl3FO.